The minimum atomic E-state index is -1.10. The molecule has 1 aliphatic carbocycles. The van der Waals surface area contributed by atoms with Gasteiger partial charge in [-0.05, 0) is 48.9 Å². The van der Waals surface area contributed by atoms with E-state index in [1.54, 1.807) is 29.2 Å². The van der Waals surface area contributed by atoms with Crippen molar-refractivity contribution in [2.45, 2.75) is 31.2 Å². The van der Waals surface area contributed by atoms with Crippen LogP contribution in [0.1, 0.15) is 40.7 Å². The number of nitrogens with zero attached hydrogens (tertiary/aromatic N) is 2. The Morgan fingerprint density at radius 1 is 1.00 bits per heavy atom. The molecule has 5 amide bonds. The van der Waals surface area contributed by atoms with Gasteiger partial charge in [0.1, 0.15) is 12.1 Å². The van der Waals surface area contributed by atoms with E-state index in [4.69, 9.17) is 0 Å². The van der Waals surface area contributed by atoms with Gasteiger partial charge in [-0.3, -0.25) is 19.3 Å². The second kappa shape index (κ2) is 7.78. The lowest BCUT2D eigenvalue weighted by atomic mass is 9.92. The molecule has 2 N–H and O–H groups in total. The second-order valence-corrected chi connectivity index (χ2v) is 8.48. The Hall–Kier alpha value is -3.68. The Morgan fingerprint density at radius 3 is 2.53 bits per heavy atom. The van der Waals surface area contributed by atoms with E-state index in [0.717, 1.165) is 28.9 Å². The Bertz CT molecular complexity index is 1120. The monoisotopic (exact) mass is 432 g/mol. The van der Waals surface area contributed by atoms with Gasteiger partial charge in [-0.2, -0.15) is 0 Å². The number of carbonyl (C=O) groups excluding carboxylic acids is 4. The summed E-state index contributed by atoms with van der Waals surface area (Å²) >= 11 is 0. The molecule has 2 fully saturated rings. The maximum absolute atomic E-state index is 13.2. The van der Waals surface area contributed by atoms with E-state index < -0.39 is 29.9 Å². The van der Waals surface area contributed by atoms with Gasteiger partial charge >= 0.3 is 6.03 Å². The number of anilines is 1. The van der Waals surface area contributed by atoms with Crippen LogP contribution in [0, 0.1) is 0 Å². The third kappa shape index (κ3) is 3.23. The van der Waals surface area contributed by atoms with Crippen molar-refractivity contribution in [2.75, 3.05) is 25.0 Å². The summed E-state index contributed by atoms with van der Waals surface area (Å²) in [4.78, 5) is 54.2. The van der Waals surface area contributed by atoms with Gasteiger partial charge in [0, 0.05) is 13.1 Å². The SMILES string of the molecule is O=C(CN1C(=O)NC2(CCc3ccccc32)C1=O)Nc1ccccc1C(=O)N1CCCC1. The van der Waals surface area contributed by atoms with Gasteiger partial charge in [-0.25, -0.2) is 4.79 Å². The molecule has 32 heavy (non-hydrogen) atoms. The van der Waals surface area contributed by atoms with Crippen molar-refractivity contribution in [3.63, 3.8) is 0 Å². The number of urea groups is 1. The van der Waals surface area contributed by atoms with Crippen molar-refractivity contribution in [3.05, 3.63) is 65.2 Å². The number of hydrogen-bond donors (Lipinski definition) is 2. The first-order chi connectivity index (χ1) is 15.5. The Morgan fingerprint density at radius 2 is 1.72 bits per heavy atom. The second-order valence-electron chi connectivity index (χ2n) is 8.48. The van der Waals surface area contributed by atoms with Gasteiger partial charge in [0.25, 0.3) is 11.8 Å². The minimum Gasteiger partial charge on any atom is -0.339 e. The van der Waals surface area contributed by atoms with Crippen molar-refractivity contribution >= 4 is 29.4 Å². The third-order valence-electron chi connectivity index (χ3n) is 6.55. The largest absolute Gasteiger partial charge is 0.339 e. The molecule has 2 saturated heterocycles. The maximum atomic E-state index is 13.2. The van der Waals surface area contributed by atoms with Gasteiger partial charge in [0.05, 0.1) is 11.3 Å². The number of hydrogen-bond acceptors (Lipinski definition) is 4. The average molecular weight is 432 g/mol. The van der Waals surface area contributed by atoms with E-state index in [0.29, 0.717) is 37.2 Å². The van der Waals surface area contributed by atoms with Crippen molar-refractivity contribution in [3.8, 4) is 0 Å². The Balaban J connectivity index is 1.32. The quantitative estimate of drug-likeness (QED) is 0.724. The van der Waals surface area contributed by atoms with E-state index in [1.165, 1.54) is 0 Å². The summed E-state index contributed by atoms with van der Waals surface area (Å²) < 4.78 is 0. The van der Waals surface area contributed by atoms with Crippen LogP contribution in [-0.2, 0) is 21.5 Å². The van der Waals surface area contributed by atoms with Gasteiger partial charge in [-0.1, -0.05) is 36.4 Å². The van der Waals surface area contributed by atoms with Crippen LogP contribution in [0.15, 0.2) is 48.5 Å². The van der Waals surface area contributed by atoms with Crippen molar-refractivity contribution in [2.24, 2.45) is 0 Å². The molecular weight excluding hydrogens is 408 g/mol. The van der Waals surface area contributed by atoms with Crippen molar-refractivity contribution < 1.29 is 19.2 Å². The molecule has 164 valence electrons. The normalized spacial score (nSPS) is 21.8. The van der Waals surface area contributed by atoms with Crippen LogP contribution >= 0.6 is 0 Å². The van der Waals surface area contributed by atoms with Gasteiger partial charge < -0.3 is 15.5 Å². The Kier molecular flexibility index (Phi) is 4.92. The van der Waals surface area contributed by atoms with Crippen LogP contribution in [0.25, 0.3) is 0 Å². The summed E-state index contributed by atoms with van der Waals surface area (Å²) in [5.74, 6) is -1.07. The summed E-state index contributed by atoms with van der Waals surface area (Å²) in [6.07, 6.45) is 3.10. The summed E-state index contributed by atoms with van der Waals surface area (Å²) in [6, 6.07) is 13.8. The standard InChI is InChI=1S/C24H24N4O4/c29-20(25-19-10-4-2-8-17(19)21(30)27-13-5-6-14-27)15-28-22(31)24(26-23(28)32)12-11-16-7-1-3-9-18(16)24/h1-4,7-10H,5-6,11-15H2,(H,25,29)(H,26,32). The summed E-state index contributed by atoms with van der Waals surface area (Å²) in [5, 5.41) is 5.54. The number of likely N-dealkylation sites (tertiary alicyclic amines) is 1. The number of rotatable bonds is 4. The first-order valence-corrected chi connectivity index (χ1v) is 10.9. The first-order valence-electron chi connectivity index (χ1n) is 10.9. The molecule has 0 radical (unpaired) electrons. The molecule has 0 bridgehead atoms. The number of benzene rings is 2. The number of aryl methyl sites for hydroxylation is 1. The van der Waals surface area contributed by atoms with Gasteiger partial charge in [0.2, 0.25) is 5.91 Å². The summed E-state index contributed by atoms with van der Waals surface area (Å²) in [5.41, 5.74) is 1.51. The van der Waals surface area contributed by atoms with Crippen molar-refractivity contribution in [1.29, 1.82) is 0 Å². The molecule has 0 aromatic heterocycles. The van der Waals surface area contributed by atoms with E-state index in [9.17, 15) is 19.2 Å². The fourth-order valence-corrected chi connectivity index (χ4v) is 4.94. The number of carbonyl (C=O) groups is 4. The highest BCUT2D eigenvalue weighted by atomic mass is 16.2. The molecule has 1 spiro atoms. The zero-order valence-electron chi connectivity index (χ0n) is 17.6. The van der Waals surface area contributed by atoms with E-state index >= 15 is 0 Å². The van der Waals surface area contributed by atoms with Crippen LogP contribution in [0.3, 0.4) is 0 Å². The highest BCUT2D eigenvalue weighted by molar-refractivity contribution is 6.11. The molecular formula is C24H24N4O4. The predicted molar refractivity (Wildman–Crippen MR) is 117 cm³/mol. The predicted octanol–water partition coefficient (Wildman–Crippen LogP) is 2.25. The van der Waals surface area contributed by atoms with Crippen LogP contribution in [0.4, 0.5) is 10.5 Å². The summed E-state index contributed by atoms with van der Waals surface area (Å²) in [7, 11) is 0. The molecule has 1 unspecified atom stereocenters. The lowest BCUT2D eigenvalue weighted by molar-refractivity contribution is -0.134. The molecule has 2 heterocycles. The lowest BCUT2D eigenvalue weighted by Crippen LogP contribution is -2.43. The number of imide groups is 1. The molecule has 2 aromatic carbocycles. The molecule has 2 aliphatic heterocycles. The summed E-state index contributed by atoms with van der Waals surface area (Å²) in [6.45, 7) is 0.987. The molecule has 3 aliphatic rings. The molecule has 5 rings (SSSR count). The zero-order valence-corrected chi connectivity index (χ0v) is 17.6. The van der Waals surface area contributed by atoms with Crippen LogP contribution in [-0.4, -0.2) is 53.2 Å². The molecule has 2 aromatic rings. The smallest absolute Gasteiger partial charge is 0.325 e. The van der Waals surface area contributed by atoms with Gasteiger partial charge in [-0.15, -0.1) is 0 Å². The van der Waals surface area contributed by atoms with E-state index in [1.807, 2.05) is 24.3 Å². The number of nitrogens with one attached hydrogen (secondary N) is 2. The molecule has 1 atom stereocenters. The minimum absolute atomic E-state index is 0.130. The average Bonchev–Trinajstić information content (AvgIpc) is 3.51. The van der Waals surface area contributed by atoms with E-state index in [-0.39, 0.29) is 5.91 Å². The third-order valence-corrected chi connectivity index (χ3v) is 6.55. The Labute approximate surface area is 185 Å². The van der Waals surface area contributed by atoms with Crippen LogP contribution in [0.5, 0.6) is 0 Å². The number of amides is 5. The van der Waals surface area contributed by atoms with Crippen LogP contribution < -0.4 is 10.6 Å². The number of para-hydroxylation sites is 1. The van der Waals surface area contributed by atoms with E-state index in [2.05, 4.69) is 10.6 Å². The van der Waals surface area contributed by atoms with Crippen LogP contribution in [0.2, 0.25) is 0 Å². The molecule has 0 saturated carbocycles. The maximum Gasteiger partial charge on any atom is 0.325 e. The van der Waals surface area contributed by atoms with Gasteiger partial charge in [0.15, 0.2) is 0 Å². The lowest BCUT2D eigenvalue weighted by Gasteiger charge is -2.22. The van der Waals surface area contributed by atoms with Crippen molar-refractivity contribution in [1.82, 2.24) is 15.1 Å². The topological polar surface area (TPSA) is 98.8 Å². The fourth-order valence-electron chi connectivity index (χ4n) is 4.94. The zero-order chi connectivity index (χ0) is 22.3. The molecule has 8 nitrogen and oxygen atoms in total. The molecule has 8 heteroatoms. The number of fused-ring (bicyclic) bond motifs is 2. The highest BCUT2D eigenvalue weighted by Crippen LogP contribution is 2.41. The highest BCUT2D eigenvalue weighted by Gasteiger charge is 2.55. The fraction of sp³-hybridized carbons (Fsp3) is 0.333. The first kappa shape index (κ1) is 20.2.